The minimum atomic E-state index is -0.931. The average molecular weight is 265 g/mol. The molecule has 0 aliphatic heterocycles. The molecule has 1 rings (SSSR count). The number of amides is 2. The highest BCUT2D eigenvalue weighted by Gasteiger charge is 2.08. The molecular weight excluding hydrogens is 246 g/mol. The molecule has 2 amide bonds. The third-order valence-corrected chi connectivity index (χ3v) is 2.74. The Hall–Kier alpha value is -2.11. The smallest absolute Gasteiger partial charge is 0.319 e. The zero-order valence-electron chi connectivity index (χ0n) is 11.1. The molecule has 6 nitrogen and oxygen atoms in total. The van der Waals surface area contributed by atoms with Crippen LogP contribution in [-0.2, 0) is 11.2 Å². The number of hydrogen-bond donors (Lipinski definition) is 3. The van der Waals surface area contributed by atoms with Crippen LogP contribution < -0.4 is 10.6 Å². The van der Waals surface area contributed by atoms with E-state index >= 15 is 0 Å². The van der Waals surface area contributed by atoms with Crippen LogP contribution in [0.1, 0.15) is 32.4 Å². The molecule has 0 unspecified atom stereocenters. The highest BCUT2D eigenvalue weighted by atomic mass is 16.4. The fourth-order valence-electron chi connectivity index (χ4n) is 1.60. The van der Waals surface area contributed by atoms with Gasteiger partial charge in [-0.1, -0.05) is 13.8 Å². The number of anilines is 1. The van der Waals surface area contributed by atoms with Crippen LogP contribution in [0.3, 0.4) is 0 Å². The van der Waals surface area contributed by atoms with Crippen molar-refractivity contribution in [2.45, 2.75) is 39.2 Å². The van der Waals surface area contributed by atoms with Gasteiger partial charge in [-0.2, -0.15) is 0 Å². The lowest BCUT2D eigenvalue weighted by atomic mass is 10.2. The van der Waals surface area contributed by atoms with E-state index in [1.165, 1.54) is 6.20 Å². The van der Waals surface area contributed by atoms with Crippen molar-refractivity contribution in [3.63, 3.8) is 0 Å². The van der Waals surface area contributed by atoms with E-state index in [2.05, 4.69) is 15.6 Å². The first-order chi connectivity index (χ1) is 9.05. The third-order valence-electron chi connectivity index (χ3n) is 2.74. The van der Waals surface area contributed by atoms with Crippen LogP contribution in [0.5, 0.6) is 0 Å². The van der Waals surface area contributed by atoms with Crippen molar-refractivity contribution in [3.05, 3.63) is 24.0 Å². The molecule has 0 aromatic carbocycles. The molecule has 0 saturated carbocycles. The number of carbonyl (C=O) groups excluding carboxylic acids is 1. The Morgan fingerprint density at radius 1 is 1.32 bits per heavy atom. The second kappa shape index (κ2) is 7.35. The van der Waals surface area contributed by atoms with Gasteiger partial charge in [-0.05, 0) is 25.0 Å². The summed E-state index contributed by atoms with van der Waals surface area (Å²) < 4.78 is 0. The van der Waals surface area contributed by atoms with Gasteiger partial charge in [-0.25, -0.2) is 4.79 Å². The van der Waals surface area contributed by atoms with Gasteiger partial charge in [0.05, 0.1) is 24.0 Å². The Morgan fingerprint density at radius 2 is 2.00 bits per heavy atom. The van der Waals surface area contributed by atoms with Gasteiger partial charge in [0.25, 0.3) is 0 Å². The Morgan fingerprint density at radius 3 is 2.47 bits per heavy atom. The molecule has 0 atom stereocenters. The van der Waals surface area contributed by atoms with Crippen molar-refractivity contribution in [3.8, 4) is 0 Å². The number of urea groups is 1. The first-order valence-electron chi connectivity index (χ1n) is 6.29. The number of hydrogen-bond acceptors (Lipinski definition) is 3. The van der Waals surface area contributed by atoms with Crippen LogP contribution in [0.25, 0.3) is 0 Å². The van der Waals surface area contributed by atoms with Crippen LogP contribution in [0.2, 0.25) is 0 Å². The van der Waals surface area contributed by atoms with Gasteiger partial charge in [0.15, 0.2) is 0 Å². The zero-order chi connectivity index (χ0) is 14.3. The summed E-state index contributed by atoms with van der Waals surface area (Å²) in [6.45, 7) is 4.02. The van der Waals surface area contributed by atoms with Gasteiger partial charge >= 0.3 is 12.0 Å². The second-order valence-electron chi connectivity index (χ2n) is 4.22. The molecule has 104 valence electrons. The Bertz CT molecular complexity index is 427. The summed E-state index contributed by atoms with van der Waals surface area (Å²) in [5, 5.41) is 14.1. The van der Waals surface area contributed by atoms with Crippen LogP contribution in [0.15, 0.2) is 18.3 Å². The van der Waals surface area contributed by atoms with E-state index in [4.69, 9.17) is 5.11 Å². The number of carboxylic acids is 1. The Balaban J connectivity index is 2.53. The minimum absolute atomic E-state index is 0.125. The third kappa shape index (κ3) is 5.37. The lowest BCUT2D eigenvalue weighted by Crippen LogP contribution is -2.37. The second-order valence-corrected chi connectivity index (χ2v) is 4.22. The van der Waals surface area contributed by atoms with E-state index in [9.17, 15) is 9.59 Å². The first-order valence-corrected chi connectivity index (χ1v) is 6.29. The summed E-state index contributed by atoms with van der Waals surface area (Å²) in [6, 6.07) is 3.10. The molecule has 0 fully saturated rings. The number of rotatable bonds is 6. The summed E-state index contributed by atoms with van der Waals surface area (Å²) in [5.41, 5.74) is 0.996. The summed E-state index contributed by atoms with van der Waals surface area (Å²) in [4.78, 5) is 26.1. The molecule has 6 heteroatoms. The highest BCUT2D eigenvalue weighted by molar-refractivity contribution is 5.89. The van der Waals surface area contributed by atoms with Crippen LogP contribution in [0.4, 0.5) is 10.5 Å². The number of aliphatic carboxylic acids is 1. The van der Waals surface area contributed by atoms with E-state index in [1.54, 1.807) is 12.1 Å². The lowest BCUT2D eigenvalue weighted by molar-refractivity contribution is -0.136. The quantitative estimate of drug-likeness (QED) is 0.733. The largest absolute Gasteiger partial charge is 0.481 e. The van der Waals surface area contributed by atoms with Crippen molar-refractivity contribution in [2.24, 2.45) is 0 Å². The molecule has 19 heavy (non-hydrogen) atoms. The lowest BCUT2D eigenvalue weighted by Gasteiger charge is -2.15. The fraction of sp³-hybridized carbons (Fsp3) is 0.462. The number of nitrogens with zero attached hydrogens (tertiary/aromatic N) is 1. The van der Waals surface area contributed by atoms with Crippen molar-refractivity contribution < 1.29 is 14.7 Å². The fourth-order valence-corrected chi connectivity index (χ4v) is 1.60. The number of aromatic nitrogens is 1. The van der Waals surface area contributed by atoms with Gasteiger partial charge in [-0.15, -0.1) is 0 Å². The minimum Gasteiger partial charge on any atom is -0.481 e. The molecule has 3 N–H and O–H groups in total. The van der Waals surface area contributed by atoms with Gasteiger partial charge in [0, 0.05) is 6.04 Å². The van der Waals surface area contributed by atoms with Crippen molar-refractivity contribution in [1.29, 1.82) is 0 Å². The first kappa shape index (κ1) is 14.9. The molecule has 1 aromatic heterocycles. The monoisotopic (exact) mass is 265 g/mol. The number of carboxylic acid groups (broad SMARTS) is 1. The average Bonchev–Trinajstić information content (AvgIpc) is 2.37. The molecular formula is C13H19N3O3. The maximum atomic E-state index is 11.7. The predicted octanol–water partition coefficient (Wildman–Crippen LogP) is 2.02. The SMILES string of the molecule is CCC(CC)NC(=O)Nc1ccc(CC(=O)O)nc1. The van der Waals surface area contributed by atoms with Crippen LogP contribution in [0, 0.1) is 0 Å². The van der Waals surface area contributed by atoms with Gasteiger partial charge in [0.2, 0.25) is 0 Å². The molecule has 0 saturated heterocycles. The van der Waals surface area contributed by atoms with Crippen molar-refractivity contribution in [1.82, 2.24) is 10.3 Å². The zero-order valence-corrected chi connectivity index (χ0v) is 11.1. The number of nitrogens with one attached hydrogen (secondary N) is 2. The summed E-state index contributed by atoms with van der Waals surface area (Å²) >= 11 is 0. The maximum Gasteiger partial charge on any atom is 0.319 e. The van der Waals surface area contributed by atoms with Crippen LogP contribution in [-0.4, -0.2) is 28.1 Å². The molecule has 0 bridgehead atoms. The molecule has 0 radical (unpaired) electrons. The van der Waals surface area contributed by atoms with E-state index in [-0.39, 0.29) is 18.5 Å². The Labute approximate surface area is 112 Å². The molecule has 0 aliphatic carbocycles. The molecule has 1 heterocycles. The number of pyridine rings is 1. The summed E-state index contributed by atoms with van der Waals surface area (Å²) in [6.07, 6.45) is 3.07. The van der Waals surface area contributed by atoms with E-state index < -0.39 is 5.97 Å². The highest BCUT2D eigenvalue weighted by Crippen LogP contribution is 2.07. The predicted molar refractivity (Wildman–Crippen MR) is 72.1 cm³/mol. The normalized spacial score (nSPS) is 10.3. The van der Waals surface area contributed by atoms with E-state index in [0.29, 0.717) is 11.4 Å². The van der Waals surface area contributed by atoms with E-state index in [0.717, 1.165) is 12.8 Å². The van der Waals surface area contributed by atoms with Gasteiger partial charge in [-0.3, -0.25) is 9.78 Å². The Kier molecular flexibility index (Phi) is 5.78. The van der Waals surface area contributed by atoms with Crippen molar-refractivity contribution in [2.75, 3.05) is 5.32 Å². The van der Waals surface area contributed by atoms with Crippen molar-refractivity contribution >= 4 is 17.7 Å². The van der Waals surface area contributed by atoms with Gasteiger partial charge in [0.1, 0.15) is 0 Å². The topological polar surface area (TPSA) is 91.3 Å². The van der Waals surface area contributed by atoms with E-state index in [1.807, 2.05) is 13.8 Å². The summed E-state index contributed by atoms with van der Waals surface area (Å²) in [7, 11) is 0. The molecule has 0 spiro atoms. The maximum absolute atomic E-state index is 11.7. The molecule has 0 aliphatic rings. The van der Waals surface area contributed by atoms with Crippen LogP contribution >= 0.6 is 0 Å². The molecule has 1 aromatic rings. The van der Waals surface area contributed by atoms with Gasteiger partial charge < -0.3 is 15.7 Å². The summed E-state index contributed by atoms with van der Waals surface area (Å²) in [5.74, 6) is -0.931. The number of carbonyl (C=O) groups is 2. The standard InChI is InChI=1S/C13H19N3O3/c1-3-9(4-2)15-13(19)16-11-6-5-10(14-8-11)7-12(17)18/h5-6,8-9H,3-4,7H2,1-2H3,(H,17,18)(H2,15,16,19).